The Labute approximate surface area is 179 Å². The van der Waals surface area contributed by atoms with E-state index in [1.807, 2.05) is 11.4 Å². The molecule has 2 atom stereocenters. The fourth-order valence-corrected chi connectivity index (χ4v) is 5.16. The molecule has 10 nitrogen and oxygen atoms in total. The lowest BCUT2D eigenvalue weighted by Crippen LogP contribution is -2.80. The molecule has 158 valence electrons. The van der Waals surface area contributed by atoms with E-state index in [-0.39, 0.29) is 42.5 Å². The number of carbonyl (C=O) groups excluding carboxylic acids is 3. The molecule has 1 aromatic rings. The normalized spacial score (nSPS) is 22.9. The first kappa shape index (κ1) is 23.0. The van der Waals surface area contributed by atoms with Gasteiger partial charge in [0.25, 0.3) is 11.6 Å². The molecule has 0 aromatic carbocycles. The maximum atomic E-state index is 12.8. The molecule has 0 spiro atoms. The quantitative estimate of drug-likeness (QED) is 0.391. The second-order valence-corrected chi connectivity index (χ2v) is 8.05. The number of nitrogens with one attached hydrogen (secondary N) is 1. The molecule has 3 rings (SSSR count). The van der Waals surface area contributed by atoms with Crippen LogP contribution in [0.4, 0.5) is 4.79 Å². The van der Waals surface area contributed by atoms with Crippen LogP contribution in [-0.2, 0) is 30.3 Å². The summed E-state index contributed by atoms with van der Waals surface area (Å²) in [5, 5.41) is 13.2. The minimum absolute atomic E-state index is 0. The second kappa shape index (κ2) is 9.03. The summed E-state index contributed by atoms with van der Waals surface area (Å²) in [4.78, 5) is 49.6. The van der Waals surface area contributed by atoms with Crippen LogP contribution in [0, 0.1) is 0 Å². The van der Waals surface area contributed by atoms with Gasteiger partial charge in [0.2, 0.25) is 5.91 Å². The zero-order valence-electron chi connectivity index (χ0n) is 15.1. The van der Waals surface area contributed by atoms with E-state index < -0.39 is 35.0 Å². The maximum Gasteiger partial charge on any atom is 0.404 e. The number of fused-ring (bicyclic) bond motifs is 1. The summed E-state index contributed by atoms with van der Waals surface area (Å²) in [7, 11) is 1.27. The summed E-state index contributed by atoms with van der Waals surface area (Å²) in [5.41, 5.74) is 3.20. The van der Waals surface area contributed by atoms with Gasteiger partial charge in [-0.25, -0.2) is 9.59 Å². The number of ether oxygens (including phenoxy) is 2. The number of methoxy groups -OCH3 is 1. The summed E-state index contributed by atoms with van der Waals surface area (Å²) in [6.07, 6.45) is -0.973. The van der Waals surface area contributed by atoms with Crippen molar-refractivity contribution in [1.82, 2.24) is 10.2 Å². The van der Waals surface area contributed by atoms with Crippen molar-refractivity contribution in [3.05, 3.63) is 33.7 Å². The third-order valence-corrected chi connectivity index (χ3v) is 6.51. The van der Waals surface area contributed by atoms with Gasteiger partial charge in [-0.2, -0.15) is 0 Å². The van der Waals surface area contributed by atoms with Gasteiger partial charge in [0.1, 0.15) is 17.7 Å². The molecule has 1 saturated heterocycles. The van der Waals surface area contributed by atoms with Gasteiger partial charge >= 0.3 is 12.1 Å². The number of rotatable bonds is 7. The first-order valence-electron chi connectivity index (χ1n) is 8.01. The largest absolute Gasteiger partial charge is 0.477 e. The number of amides is 3. The van der Waals surface area contributed by atoms with Crippen LogP contribution in [0.15, 0.2) is 28.8 Å². The number of halogens is 1. The monoisotopic (exact) mass is 463 g/mol. The van der Waals surface area contributed by atoms with Crippen LogP contribution < -0.4 is 11.1 Å². The molecule has 3 amide bonds. The van der Waals surface area contributed by atoms with E-state index in [0.717, 1.165) is 9.78 Å². The van der Waals surface area contributed by atoms with E-state index in [1.165, 1.54) is 30.2 Å². The first-order valence-corrected chi connectivity index (χ1v) is 9.94. The lowest BCUT2D eigenvalue weighted by molar-refractivity contribution is -0.192. The van der Waals surface area contributed by atoms with E-state index in [1.54, 1.807) is 6.07 Å². The van der Waals surface area contributed by atoms with Crippen molar-refractivity contribution in [1.29, 1.82) is 0 Å². The van der Waals surface area contributed by atoms with Gasteiger partial charge in [-0.15, -0.1) is 35.5 Å². The molecule has 0 bridgehead atoms. The number of thiophene rings is 1. The number of nitrogens with zero attached hydrogens (tertiary/aromatic N) is 1. The first-order chi connectivity index (χ1) is 13.3. The number of hydrogen-bond donors (Lipinski definition) is 3. The van der Waals surface area contributed by atoms with E-state index in [2.05, 4.69) is 10.1 Å². The smallest absolute Gasteiger partial charge is 0.404 e. The second-order valence-electron chi connectivity index (χ2n) is 5.95. The van der Waals surface area contributed by atoms with Gasteiger partial charge in [-0.05, 0) is 11.4 Å². The Morgan fingerprint density at radius 2 is 2.17 bits per heavy atom. The highest BCUT2D eigenvalue weighted by Gasteiger charge is 2.66. The van der Waals surface area contributed by atoms with Crippen LogP contribution in [0.5, 0.6) is 0 Å². The highest BCUT2D eigenvalue weighted by molar-refractivity contribution is 8.00. The van der Waals surface area contributed by atoms with Crippen LogP contribution in [0.1, 0.15) is 4.88 Å². The Balaban J connectivity index is 0.00000300. The van der Waals surface area contributed by atoms with E-state index in [0.29, 0.717) is 0 Å². The molecular weight excluding hydrogens is 446 g/mol. The molecule has 1 fully saturated rings. The Hall–Kier alpha value is -2.28. The summed E-state index contributed by atoms with van der Waals surface area (Å²) in [5.74, 6) is -2.31. The molecule has 0 radical (unpaired) electrons. The summed E-state index contributed by atoms with van der Waals surface area (Å²) in [6.45, 7) is -0.342. The van der Waals surface area contributed by atoms with E-state index >= 15 is 0 Å². The maximum absolute atomic E-state index is 12.8. The van der Waals surface area contributed by atoms with Crippen molar-refractivity contribution in [2.45, 2.75) is 17.5 Å². The van der Waals surface area contributed by atoms with Crippen LogP contribution >= 0.6 is 35.5 Å². The minimum atomic E-state index is -1.66. The van der Waals surface area contributed by atoms with Crippen molar-refractivity contribution < 1.29 is 33.8 Å². The minimum Gasteiger partial charge on any atom is -0.477 e. The Bertz CT molecular complexity index is 861. The van der Waals surface area contributed by atoms with Crippen LogP contribution in [0.25, 0.3) is 0 Å². The summed E-state index contributed by atoms with van der Waals surface area (Å²) >= 11 is 2.60. The number of nitrogens with two attached hydrogens (primary N) is 1. The highest BCUT2D eigenvalue weighted by Crippen LogP contribution is 2.46. The predicted octanol–water partition coefficient (Wildman–Crippen LogP) is 0.520. The standard InChI is InChI=1S/C16H17N3O7S2.ClH/c1-25-16(18-10(20)5-9-3-2-4-27-9)13(23)19-11(12(21)22)8(6-26-15(17)24)7-28-14(16)19;/h2-4,14H,5-7H2,1H3,(H2,17,24)(H,18,20)(H,21,22);1H. The SMILES string of the molecule is COC1(NC(=O)Cc2cccs2)C(=O)N2C(C(=O)O)=C(COC(N)=O)CSC21.Cl. The molecule has 2 aliphatic heterocycles. The molecule has 13 heteroatoms. The van der Waals surface area contributed by atoms with E-state index in [4.69, 9.17) is 10.5 Å². The lowest BCUT2D eigenvalue weighted by Gasteiger charge is -2.55. The van der Waals surface area contributed by atoms with Crippen molar-refractivity contribution in [3.8, 4) is 0 Å². The van der Waals surface area contributed by atoms with Crippen molar-refractivity contribution in [2.75, 3.05) is 19.5 Å². The third kappa shape index (κ3) is 4.20. The Morgan fingerprint density at radius 3 is 2.72 bits per heavy atom. The van der Waals surface area contributed by atoms with Gasteiger partial charge in [-0.3, -0.25) is 14.5 Å². The van der Waals surface area contributed by atoms with Crippen LogP contribution in [-0.4, -0.2) is 64.5 Å². The van der Waals surface area contributed by atoms with Crippen molar-refractivity contribution in [2.24, 2.45) is 5.73 Å². The fourth-order valence-electron chi connectivity index (χ4n) is 3.04. The average Bonchev–Trinajstić information content (AvgIpc) is 3.15. The Kier molecular flexibility index (Phi) is 7.16. The summed E-state index contributed by atoms with van der Waals surface area (Å²) in [6, 6.07) is 3.61. The number of carboxylic acid groups (broad SMARTS) is 1. The molecule has 1 aromatic heterocycles. The predicted molar refractivity (Wildman–Crippen MR) is 106 cm³/mol. The number of carboxylic acids is 1. The lowest BCUT2D eigenvalue weighted by atomic mass is 9.98. The van der Waals surface area contributed by atoms with Gasteiger partial charge in [0, 0.05) is 23.3 Å². The molecule has 0 aliphatic carbocycles. The molecule has 3 heterocycles. The molecule has 0 saturated carbocycles. The number of hydrogen-bond acceptors (Lipinski definition) is 8. The number of β-lactam (4-membered cyclic amide) rings is 1. The number of thioether (sulfide) groups is 1. The van der Waals surface area contributed by atoms with Gasteiger partial charge in [-0.1, -0.05) is 6.07 Å². The van der Waals surface area contributed by atoms with Crippen molar-refractivity contribution in [3.63, 3.8) is 0 Å². The fraction of sp³-hybridized carbons (Fsp3) is 0.375. The molecule has 2 aliphatic rings. The molecule has 29 heavy (non-hydrogen) atoms. The van der Waals surface area contributed by atoms with Gasteiger partial charge < -0.3 is 25.6 Å². The van der Waals surface area contributed by atoms with Crippen LogP contribution in [0.3, 0.4) is 0 Å². The zero-order valence-corrected chi connectivity index (χ0v) is 17.5. The zero-order chi connectivity index (χ0) is 20.5. The number of aliphatic carboxylic acids is 1. The van der Waals surface area contributed by atoms with Crippen molar-refractivity contribution >= 4 is 59.4 Å². The van der Waals surface area contributed by atoms with Crippen LogP contribution in [0.2, 0.25) is 0 Å². The van der Waals surface area contributed by atoms with Gasteiger partial charge in [0.05, 0.1) is 6.42 Å². The van der Waals surface area contributed by atoms with E-state index in [9.17, 15) is 24.3 Å². The molecular formula is C16H18ClN3O7S2. The topological polar surface area (TPSA) is 148 Å². The number of carbonyl (C=O) groups is 4. The highest BCUT2D eigenvalue weighted by atomic mass is 35.5. The molecule has 4 N–H and O–H groups in total. The van der Waals surface area contributed by atoms with Gasteiger partial charge in [0.15, 0.2) is 0 Å². The number of primary amides is 1. The third-order valence-electron chi connectivity index (χ3n) is 4.26. The average molecular weight is 464 g/mol. The molecule has 2 unspecified atom stereocenters. The Morgan fingerprint density at radius 1 is 1.45 bits per heavy atom. The summed E-state index contributed by atoms with van der Waals surface area (Å²) < 4.78 is 10.0.